The van der Waals surface area contributed by atoms with E-state index in [-0.39, 0.29) is 0 Å². The van der Waals surface area contributed by atoms with Crippen molar-refractivity contribution in [1.82, 2.24) is 5.32 Å². The van der Waals surface area contributed by atoms with Crippen LogP contribution in [-0.2, 0) is 4.79 Å². The predicted molar refractivity (Wildman–Crippen MR) is 66.4 cm³/mol. The number of rotatable bonds is 3. The number of phenols is 1. The molecule has 0 radical (unpaired) electrons. The van der Waals surface area contributed by atoms with Gasteiger partial charge in [-0.05, 0) is 17.5 Å². The Morgan fingerprint density at radius 2 is 1.89 bits per heavy atom. The van der Waals surface area contributed by atoms with Gasteiger partial charge in [-0.3, -0.25) is 4.79 Å². The second kappa shape index (κ2) is 5.26. The Bertz CT molecular complexity index is 488. The van der Waals surface area contributed by atoms with Gasteiger partial charge in [0.1, 0.15) is 23.2 Å². The summed E-state index contributed by atoms with van der Waals surface area (Å²) in [7, 11) is 0. The first-order valence-corrected chi connectivity index (χ1v) is 5.65. The number of benzene rings is 1. The summed E-state index contributed by atoms with van der Waals surface area (Å²) in [5.41, 5.74) is -1.31. The number of carbonyl (C=O) groups is 2. The predicted octanol–water partition coefficient (Wildman–Crippen LogP) is 1.76. The van der Waals surface area contributed by atoms with Gasteiger partial charge in [-0.25, -0.2) is 9.18 Å². The van der Waals surface area contributed by atoms with Crippen molar-refractivity contribution in [1.29, 1.82) is 0 Å². The Hall–Kier alpha value is -2.11. The van der Waals surface area contributed by atoms with Crippen LogP contribution >= 0.6 is 0 Å². The maximum Gasteiger partial charge on any atom is 0.326 e. The van der Waals surface area contributed by atoms with Crippen LogP contribution in [0, 0.1) is 11.2 Å². The molecule has 104 valence electrons. The number of halogens is 1. The van der Waals surface area contributed by atoms with Gasteiger partial charge in [0.15, 0.2) is 0 Å². The van der Waals surface area contributed by atoms with E-state index in [2.05, 4.69) is 5.32 Å². The number of carbonyl (C=O) groups excluding carboxylic acids is 1. The minimum absolute atomic E-state index is 0.532. The van der Waals surface area contributed by atoms with Crippen molar-refractivity contribution in [2.45, 2.75) is 26.8 Å². The Kier molecular flexibility index (Phi) is 4.14. The van der Waals surface area contributed by atoms with E-state index in [0.717, 1.165) is 12.1 Å². The fourth-order valence-corrected chi connectivity index (χ4v) is 1.59. The number of aliphatic carboxylic acids is 1. The van der Waals surface area contributed by atoms with Crippen LogP contribution in [0.1, 0.15) is 31.1 Å². The maximum atomic E-state index is 13.5. The fourth-order valence-electron chi connectivity index (χ4n) is 1.59. The number of aromatic hydroxyl groups is 1. The number of hydrogen-bond donors (Lipinski definition) is 3. The average Bonchev–Trinajstić information content (AvgIpc) is 2.23. The average molecular weight is 269 g/mol. The molecule has 0 aromatic heterocycles. The highest BCUT2D eigenvalue weighted by Crippen LogP contribution is 2.23. The zero-order valence-electron chi connectivity index (χ0n) is 10.9. The number of amides is 1. The Morgan fingerprint density at radius 3 is 2.32 bits per heavy atom. The lowest BCUT2D eigenvalue weighted by molar-refractivity contribution is -0.142. The number of carboxylic acids is 1. The molecule has 1 amide bonds. The summed E-state index contributed by atoms with van der Waals surface area (Å²) in [5.74, 6) is -3.62. The summed E-state index contributed by atoms with van der Waals surface area (Å²) in [6.07, 6.45) is 0. The van der Waals surface area contributed by atoms with Gasteiger partial charge in [0.05, 0.1) is 0 Å². The Morgan fingerprint density at radius 1 is 1.32 bits per heavy atom. The van der Waals surface area contributed by atoms with Crippen molar-refractivity contribution in [3.8, 4) is 5.75 Å². The van der Waals surface area contributed by atoms with Gasteiger partial charge in [-0.15, -0.1) is 0 Å². The first-order chi connectivity index (χ1) is 8.64. The third kappa shape index (κ3) is 3.43. The van der Waals surface area contributed by atoms with Crippen molar-refractivity contribution in [2.24, 2.45) is 5.41 Å². The topological polar surface area (TPSA) is 86.6 Å². The lowest BCUT2D eigenvalue weighted by Crippen LogP contribution is -2.49. The largest absolute Gasteiger partial charge is 0.507 e. The summed E-state index contributed by atoms with van der Waals surface area (Å²) < 4.78 is 13.5. The number of nitrogens with one attached hydrogen (secondary N) is 1. The normalized spacial score (nSPS) is 12.8. The molecular formula is C13H16FNO4. The van der Waals surface area contributed by atoms with E-state index in [1.165, 1.54) is 6.07 Å². The molecule has 6 heteroatoms. The van der Waals surface area contributed by atoms with Crippen molar-refractivity contribution in [3.63, 3.8) is 0 Å². The van der Waals surface area contributed by atoms with Crippen molar-refractivity contribution in [2.75, 3.05) is 0 Å². The van der Waals surface area contributed by atoms with Crippen LogP contribution < -0.4 is 5.32 Å². The SMILES string of the molecule is CC(C)(C)C(NC(=O)c1c(O)cccc1F)C(=O)O. The molecule has 0 saturated carbocycles. The van der Waals surface area contributed by atoms with Crippen molar-refractivity contribution >= 4 is 11.9 Å². The summed E-state index contributed by atoms with van der Waals surface area (Å²) in [6.45, 7) is 4.90. The van der Waals surface area contributed by atoms with E-state index < -0.39 is 40.5 Å². The molecule has 0 aliphatic rings. The summed E-state index contributed by atoms with van der Waals surface area (Å²) in [4.78, 5) is 23.0. The molecule has 5 nitrogen and oxygen atoms in total. The summed E-state index contributed by atoms with van der Waals surface area (Å²) in [5, 5.41) is 20.8. The first kappa shape index (κ1) is 14.9. The molecule has 1 aromatic rings. The van der Waals surface area contributed by atoms with Crippen LogP contribution in [0.3, 0.4) is 0 Å². The highest BCUT2D eigenvalue weighted by atomic mass is 19.1. The van der Waals surface area contributed by atoms with Gasteiger partial charge in [0.25, 0.3) is 5.91 Å². The molecule has 1 rings (SSSR count). The molecule has 3 N–H and O–H groups in total. The monoisotopic (exact) mass is 269 g/mol. The molecule has 0 aliphatic carbocycles. The second-order valence-electron chi connectivity index (χ2n) is 5.24. The van der Waals surface area contributed by atoms with Crippen LogP contribution in [0.2, 0.25) is 0 Å². The van der Waals surface area contributed by atoms with E-state index >= 15 is 0 Å². The van der Waals surface area contributed by atoms with Gasteiger partial charge in [0, 0.05) is 0 Å². The van der Waals surface area contributed by atoms with Crippen molar-refractivity contribution < 1.29 is 24.2 Å². The second-order valence-corrected chi connectivity index (χ2v) is 5.24. The molecule has 0 fully saturated rings. The van der Waals surface area contributed by atoms with Gasteiger partial charge >= 0.3 is 5.97 Å². The molecule has 0 aliphatic heterocycles. The van der Waals surface area contributed by atoms with Crippen LogP contribution in [-0.4, -0.2) is 28.1 Å². The van der Waals surface area contributed by atoms with Gasteiger partial charge < -0.3 is 15.5 Å². The highest BCUT2D eigenvalue weighted by Gasteiger charge is 2.33. The third-order valence-corrected chi connectivity index (χ3v) is 2.61. The molecular weight excluding hydrogens is 253 g/mol. The van der Waals surface area contributed by atoms with Gasteiger partial charge in [0.2, 0.25) is 0 Å². The lowest BCUT2D eigenvalue weighted by Gasteiger charge is -2.27. The van der Waals surface area contributed by atoms with E-state index in [4.69, 9.17) is 5.11 Å². The highest BCUT2D eigenvalue weighted by molar-refractivity contribution is 5.99. The van der Waals surface area contributed by atoms with Crippen LogP contribution in [0.5, 0.6) is 5.75 Å². The quantitative estimate of drug-likeness (QED) is 0.780. The minimum atomic E-state index is -1.23. The number of phenolic OH excluding ortho intramolecular Hbond substituents is 1. The number of hydrogen-bond acceptors (Lipinski definition) is 3. The molecule has 0 heterocycles. The smallest absolute Gasteiger partial charge is 0.326 e. The van der Waals surface area contributed by atoms with Crippen LogP contribution in [0.4, 0.5) is 4.39 Å². The molecule has 1 aromatic carbocycles. The standard InChI is InChI=1S/C13H16FNO4/c1-13(2,3)10(12(18)19)15-11(17)9-7(14)5-4-6-8(9)16/h4-6,10,16H,1-3H3,(H,15,17)(H,18,19). The molecule has 0 spiro atoms. The van der Waals surface area contributed by atoms with Crippen LogP contribution in [0.15, 0.2) is 18.2 Å². The van der Waals surface area contributed by atoms with Crippen LogP contribution in [0.25, 0.3) is 0 Å². The Labute approximate surface area is 110 Å². The minimum Gasteiger partial charge on any atom is -0.507 e. The van der Waals surface area contributed by atoms with E-state index in [0.29, 0.717) is 0 Å². The Balaban J connectivity index is 3.05. The fraction of sp³-hybridized carbons (Fsp3) is 0.385. The van der Waals surface area contributed by atoms with E-state index in [1.807, 2.05) is 0 Å². The first-order valence-electron chi connectivity index (χ1n) is 5.65. The van der Waals surface area contributed by atoms with Gasteiger partial charge in [-0.2, -0.15) is 0 Å². The zero-order chi connectivity index (χ0) is 14.8. The van der Waals surface area contributed by atoms with Crippen molar-refractivity contribution in [3.05, 3.63) is 29.6 Å². The van der Waals surface area contributed by atoms with E-state index in [9.17, 15) is 19.1 Å². The van der Waals surface area contributed by atoms with Gasteiger partial charge in [-0.1, -0.05) is 26.8 Å². The lowest BCUT2D eigenvalue weighted by atomic mass is 9.86. The van der Waals surface area contributed by atoms with E-state index in [1.54, 1.807) is 20.8 Å². The zero-order valence-corrected chi connectivity index (χ0v) is 10.9. The summed E-state index contributed by atoms with van der Waals surface area (Å²) in [6, 6.07) is 2.23. The molecule has 0 saturated heterocycles. The molecule has 1 atom stereocenters. The summed E-state index contributed by atoms with van der Waals surface area (Å²) >= 11 is 0. The third-order valence-electron chi connectivity index (χ3n) is 2.61. The molecule has 0 bridgehead atoms. The maximum absolute atomic E-state index is 13.5. The molecule has 19 heavy (non-hydrogen) atoms. The molecule has 1 unspecified atom stereocenters. The number of carboxylic acid groups (broad SMARTS) is 1.